The predicted octanol–water partition coefficient (Wildman–Crippen LogP) is 2.02. The maximum absolute atomic E-state index is 12.2. The first kappa shape index (κ1) is 19.3. The number of amides is 1. The molecule has 0 bridgehead atoms. The number of nitrogens with zero attached hydrogens (tertiary/aromatic N) is 1. The fourth-order valence-electron chi connectivity index (χ4n) is 2.84. The lowest BCUT2D eigenvalue weighted by molar-refractivity contribution is -0.125. The van der Waals surface area contributed by atoms with Crippen LogP contribution in [-0.4, -0.2) is 50.3 Å². The molecular weight excluding hydrogens is 344 g/mol. The largest absolute Gasteiger partial charge is 0.355 e. The SMILES string of the molecule is Cc1cccc(CSCCNC(=O)[C@@H]2CCCN(S(C)(=O)=O)C2)c1. The lowest BCUT2D eigenvalue weighted by atomic mass is 9.99. The second-order valence-electron chi connectivity index (χ2n) is 6.29. The summed E-state index contributed by atoms with van der Waals surface area (Å²) in [5.41, 5.74) is 2.55. The van der Waals surface area contributed by atoms with Crippen molar-refractivity contribution < 1.29 is 13.2 Å². The third-order valence-electron chi connectivity index (χ3n) is 4.12. The molecule has 1 aliphatic heterocycles. The van der Waals surface area contributed by atoms with Gasteiger partial charge in [0.2, 0.25) is 15.9 Å². The Morgan fingerprint density at radius 2 is 2.21 bits per heavy atom. The Bertz CT molecular complexity index is 662. The van der Waals surface area contributed by atoms with Crippen LogP contribution >= 0.6 is 11.8 Å². The first-order chi connectivity index (χ1) is 11.4. The lowest BCUT2D eigenvalue weighted by Gasteiger charge is -2.30. The molecule has 134 valence electrons. The Morgan fingerprint density at radius 3 is 2.92 bits per heavy atom. The van der Waals surface area contributed by atoms with Gasteiger partial charge in [0.05, 0.1) is 12.2 Å². The Labute approximate surface area is 149 Å². The van der Waals surface area contributed by atoms with Gasteiger partial charge in [-0.25, -0.2) is 12.7 Å². The van der Waals surface area contributed by atoms with Gasteiger partial charge >= 0.3 is 0 Å². The Kier molecular flexibility index (Phi) is 7.13. The molecule has 0 radical (unpaired) electrons. The highest BCUT2D eigenvalue weighted by Crippen LogP contribution is 2.19. The van der Waals surface area contributed by atoms with Crippen LogP contribution in [0, 0.1) is 12.8 Å². The van der Waals surface area contributed by atoms with Crippen molar-refractivity contribution in [2.24, 2.45) is 5.92 Å². The molecular formula is C17H26N2O3S2. The normalized spacial score (nSPS) is 19.2. The molecule has 1 atom stereocenters. The van der Waals surface area contributed by atoms with E-state index in [1.165, 1.54) is 21.7 Å². The van der Waals surface area contributed by atoms with Crippen LogP contribution in [0.2, 0.25) is 0 Å². The zero-order valence-electron chi connectivity index (χ0n) is 14.3. The minimum Gasteiger partial charge on any atom is -0.355 e. The molecule has 1 amide bonds. The fraction of sp³-hybridized carbons (Fsp3) is 0.588. The second-order valence-corrected chi connectivity index (χ2v) is 9.38. The van der Waals surface area contributed by atoms with Crippen LogP contribution in [0.4, 0.5) is 0 Å². The maximum Gasteiger partial charge on any atom is 0.224 e. The van der Waals surface area contributed by atoms with Gasteiger partial charge in [0.1, 0.15) is 0 Å². The number of nitrogens with one attached hydrogen (secondary N) is 1. The molecule has 0 aliphatic carbocycles. The summed E-state index contributed by atoms with van der Waals surface area (Å²) >= 11 is 1.79. The van der Waals surface area contributed by atoms with E-state index in [1.807, 2.05) is 0 Å². The topological polar surface area (TPSA) is 66.5 Å². The molecule has 1 aliphatic rings. The first-order valence-electron chi connectivity index (χ1n) is 8.22. The number of hydrogen-bond acceptors (Lipinski definition) is 4. The predicted molar refractivity (Wildman–Crippen MR) is 99.5 cm³/mol. The smallest absolute Gasteiger partial charge is 0.224 e. The standard InChI is InChI=1S/C17H26N2O3S2/c1-14-5-3-6-15(11-14)13-23-10-8-18-17(20)16-7-4-9-19(12-16)24(2,21)22/h3,5-6,11,16H,4,7-10,12-13H2,1-2H3,(H,18,20)/t16-/m1/s1. The van der Waals surface area contributed by atoms with Crippen molar-refractivity contribution in [1.29, 1.82) is 0 Å². The van der Waals surface area contributed by atoms with Crippen molar-refractivity contribution in [1.82, 2.24) is 9.62 Å². The Balaban J connectivity index is 1.67. The summed E-state index contributed by atoms with van der Waals surface area (Å²) in [6.07, 6.45) is 2.71. The van der Waals surface area contributed by atoms with E-state index < -0.39 is 10.0 Å². The number of rotatable bonds is 7. The average molecular weight is 371 g/mol. The van der Waals surface area contributed by atoms with Crippen molar-refractivity contribution >= 4 is 27.7 Å². The molecule has 5 nitrogen and oxygen atoms in total. The van der Waals surface area contributed by atoms with E-state index in [-0.39, 0.29) is 11.8 Å². The van der Waals surface area contributed by atoms with Crippen LogP contribution < -0.4 is 5.32 Å². The number of aryl methyl sites for hydroxylation is 1. The maximum atomic E-state index is 12.2. The molecule has 0 aromatic heterocycles. The molecule has 1 fully saturated rings. The van der Waals surface area contributed by atoms with Crippen molar-refractivity contribution in [3.8, 4) is 0 Å². The van der Waals surface area contributed by atoms with Gasteiger partial charge in [0, 0.05) is 31.1 Å². The number of sulfonamides is 1. The summed E-state index contributed by atoms with van der Waals surface area (Å²) in [5, 5.41) is 2.94. The summed E-state index contributed by atoms with van der Waals surface area (Å²) in [5.74, 6) is 1.53. The molecule has 0 saturated carbocycles. The molecule has 1 saturated heterocycles. The first-order valence-corrected chi connectivity index (χ1v) is 11.2. The summed E-state index contributed by atoms with van der Waals surface area (Å²) in [6.45, 7) is 3.53. The van der Waals surface area contributed by atoms with E-state index in [1.54, 1.807) is 11.8 Å². The van der Waals surface area contributed by atoms with Crippen LogP contribution in [-0.2, 0) is 20.6 Å². The minimum atomic E-state index is -3.21. The zero-order chi connectivity index (χ0) is 17.6. The Morgan fingerprint density at radius 1 is 1.42 bits per heavy atom. The number of benzene rings is 1. The van der Waals surface area contributed by atoms with E-state index in [4.69, 9.17) is 0 Å². The Hall–Kier alpha value is -1.05. The van der Waals surface area contributed by atoms with Gasteiger partial charge in [-0.05, 0) is 25.3 Å². The van der Waals surface area contributed by atoms with Crippen molar-refractivity contribution in [3.05, 3.63) is 35.4 Å². The second kappa shape index (κ2) is 8.87. The van der Waals surface area contributed by atoms with Gasteiger partial charge in [0.25, 0.3) is 0 Å². The van der Waals surface area contributed by atoms with E-state index in [0.29, 0.717) is 19.6 Å². The summed E-state index contributed by atoms with van der Waals surface area (Å²) in [7, 11) is -3.21. The minimum absolute atomic E-state index is 0.0282. The molecule has 24 heavy (non-hydrogen) atoms. The number of carbonyl (C=O) groups excluding carboxylic acids is 1. The molecule has 1 N–H and O–H groups in total. The molecule has 2 rings (SSSR count). The van der Waals surface area contributed by atoms with E-state index in [2.05, 4.69) is 36.5 Å². The molecule has 1 aromatic carbocycles. The van der Waals surface area contributed by atoms with Crippen LogP contribution in [0.25, 0.3) is 0 Å². The van der Waals surface area contributed by atoms with Gasteiger partial charge in [-0.2, -0.15) is 11.8 Å². The van der Waals surface area contributed by atoms with Crippen LogP contribution in [0.1, 0.15) is 24.0 Å². The zero-order valence-corrected chi connectivity index (χ0v) is 16.0. The molecule has 7 heteroatoms. The van der Waals surface area contributed by atoms with Gasteiger partial charge in [-0.3, -0.25) is 4.79 Å². The van der Waals surface area contributed by atoms with Crippen LogP contribution in [0.15, 0.2) is 24.3 Å². The van der Waals surface area contributed by atoms with Crippen molar-refractivity contribution in [3.63, 3.8) is 0 Å². The highest BCUT2D eigenvalue weighted by Gasteiger charge is 2.29. The number of carbonyl (C=O) groups is 1. The molecule has 0 unspecified atom stereocenters. The van der Waals surface area contributed by atoms with Gasteiger partial charge < -0.3 is 5.32 Å². The third-order valence-corrected chi connectivity index (χ3v) is 6.42. The highest BCUT2D eigenvalue weighted by molar-refractivity contribution is 7.98. The van der Waals surface area contributed by atoms with Crippen LogP contribution in [0.3, 0.4) is 0 Å². The van der Waals surface area contributed by atoms with Crippen molar-refractivity contribution in [2.75, 3.05) is 31.6 Å². The fourth-order valence-corrected chi connectivity index (χ4v) is 4.56. The summed E-state index contributed by atoms with van der Waals surface area (Å²) in [6, 6.07) is 8.43. The van der Waals surface area contributed by atoms with Crippen LogP contribution in [0.5, 0.6) is 0 Å². The van der Waals surface area contributed by atoms with E-state index in [0.717, 1.165) is 24.3 Å². The van der Waals surface area contributed by atoms with Gasteiger partial charge in [0.15, 0.2) is 0 Å². The quantitative estimate of drug-likeness (QED) is 0.746. The average Bonchev–Trinajstić information content (AvgIpc) is 2.54. The molecule has 1 aromatic rings. The summed E-state index contributed by atoms with van der Waals surface area (Å²) in [4.78, 5) is 12.2. The highest BCUT2D eigenvalue weighted by atomic mass is 32.2. The molecule has 0 spiro atoms. The number of piperidine rings is 1. The van der Waals surface area contributed by atoms with E-state index >= 15 is 0 Å². The summed E-state index contributed by atoms with van der Waals surface area (Å²) < 4.78 is 24.6. The van der Waals surface area contributed by atoms with E-state index in [9.17, 15) is 13.2 Å². The van der Waals surface area contributed by atoms with Gasteiger partial charge in [-0.15, -0.1) is 0 Å². The number of hydrogen-bond donors (Lipinski definition) is 1. The third kappa shape index (κ3) is 6.11. The monoisotopic (exact) mass is 370 g/mol. The molecule has 1 heterocycles. The number of thioether (sulfide) groups is 1. The lowest BCUT2D eigenvalue weighted by Crippen LogP contribution is -2.45. The van der Waals surface area contributed by atoms with Crippen molar-refractivity contribution in [2.45, 2.75) is 25.5 Å². The van der Waals surface area contributed by atoms with Gasteiger partial charge in [-0.1, -0.05) is 29.8 Å².